The highest BCUT2D eigenvalue weighted by Gasteiger charge is 2.31. The van der Waals surface area contributed by atoms with E-state index in [4.69, 9.17) is 0 Å². The highest BCUT2D eigenvalue weighted by atomic mass is 19.4. The van der Waals surface area contributed by atoms with Gasteiger partial charge in [0, 0.05) is 11.3 Å². The molecule has 3 aromatic carbocycles. The molecule has 0 aliphatic carbocycles. The van der Waals surface area contributed by atoms with Crippen LogP contribution < -0.4 is 15.4 Å². The van der Waals surface area contributed by atoms with Gasteiger partial charge in [-0.15, -0.1) is 13.2 Å². The predicted octanol–water partition coefficient (Wildman–Crippen LogP) is 6.92. The summed E-state index contributed by atoms with van der Waals surface area (Å²) in [5, 5.41) is 5.02. The van der Waals surface area contributed by atoms with Crippen LogP contribution >= 0.6 is 0 Å². The number of halogens is 6. The molecule has 0 radical (unpaired) electrons. The lowest BCUT2D eigenvalue weighted by molar-refractivity contribution is -0.274. The average Bonchev–Trinajstić information content (AvgIpc) is 2.68. The Morgan fingerprint density at radius 1 is 0.742 bits per heavy atom. The van der Waals surface area contributed by atoms with Crippen molar-refractivity contribution in [3.8, 4) is 16.9 Å². The van der Waals surface area contributed by atoms with Gasteiger partial charge in [-0.1, -0.05) is 30.3 Å². The third kappa shape index (κ3) is 6.14. The number of hydrogen-bond donors (Lipinski definition) is 2. The van der Waals surface area contributed by atoms with Crippen LogP contribution in [0.25, 0.3) is 11.1 Å². The van der Waals surface area contributed by atoms with Gasteiger partial charge in [0.15, 0.2) is 0 Å². The van der Waals surface area contributed by atoms with Crippen molar-refractivity contribution in [2.75, 3.05) is 10.6 Å². The Bertz CT molecular complexity index is 1050. The Kier molecular flexibility index (Phi) is 6.09. The molecule has 0 bridgehead atoms. The minimum absolute atomic E-state index is 0.207. The molecule has 0 aliphatic rings. The number of hydrogen-bond acceptors (Lipinski definition) is 2. The molecule has 0 heterocycles. The summed E-state index contributed by atoms with van der Waals surface area (Å²) in [6.45, 7) is 0. The SMILES string of the molecule is O=C(Nc1ccc(OC(F)(F)F)cc1)Nc1ccccc1-c1ccc(C(F)(F)F)cc1. The fourth-order valence-electron chi connectivity index (χ4n) is 2.71. The number of rotatable bonds is 4. The number of carbonyl (C=O) groups is 1. The standard InChI is InChI=1S/C21H14F6N2O2/c22-20(23,24)14-7-5-13(6-8-14)17-3-1-2-4-18(17)29-19(30)28-15-9-11-16(12-10-15)31-21(25,26)27/h1-12H,(H2,28,29,30). The van der Waals surface area contributed by atoms with E-state index in [-0.39, 0.29) is 5.69 Å². The zero-order valence-electron chi connectivity index (χ0n) is 15.5. The number of amides is 2. The summed E-state index contributed by atoms with van der Waals surface area (Å²) in [5.74, 6) is -0.439. The normalized spacial score (nSPS) is 11.7. The molecule has 162 valence electrons. The van der Waals surface area contributed by atoms with Gasteiger partial charge in [0.2, 0.25) is 0 Å². The maximum atomic E-state index is 12.8. The number of nitrogens with one attached hydrogen (secondary N) is 2. The molecule has 0 aliphatic heterocycles. The fourth-order valence-corrected chi connectivity index (χ4v) is 2.71. The molecule has 0 unspecified atom stereocenters. The number of ether oxygens (including phenoxy) is 1. The molecule has 4 nitrogen and oxygen atoms in total. The number of urea groups is 1. The van der Waals surface area contributed by atoms with Crippen molar-refractivity contribution in [3.05, 3.63) is 78.4 Å². The van der Waals surface area contributed by atoms with Crippen molar-refractivity contribution in [1.29, 1.82) is 0 Å². The second-order valence-electron chi connectivity index (χ2n) is 6.27. The van der Waals surface area contributed by atoms with Crippen molar-refractivity contribution >= 4 is 17.4 Å². The number of carbonyl (C=O) groups excluding carboxylic acids is 1. The van der Waals surface area contributed by atoms with Crippen LogP contribution in [0.3, 0.4) is 0 Å². The van der Waals surface area contributed by atoms with Gasteiger partial charge in [-0.25, -0.2) is 4.79 Å². The Morgan fingerprint density at radius 3 is 1.94 bits per heavy atom. The van der Waals surface area contributed by atoms with E-state index < -0.39 is 29.9 Å². The van der Waals surface area contributed by atoms with E-state index in [0.717, 1.165) is 24.3 Å². The first-order valence-corrected chi connectivity index (χ1v) is 8.72. The quantitative estimate of drug-likeness (QED) is 0.433. The minimum atomic E-state index is -4.83. The van der Waals surface area contributed by atoms with E-state index in [1.54, 1.807) is 24.3 Å². The number of para-hydroxylation sites is 1. The van der Waals surface area contributed by atoms with Crippen LogP contribution in [0.1, 0.15) is 5.56 Å². The van der Waals surface area contributed by atoms with Crippen LogP contribution in [0.4, 0.5) is 42.5 Å². The summed E-state index contributed by atoms with van der Waals surface area (Å²) in [5.41, 5.74) is 0.686. The predicted molar refractivity (Wildman–Crippen MR) is 103 cm³/mol. The van der Waals surface area contributed by atoms with Gasteiger partial charge in [-0.3, -0.25) is 0 Å². The van der Waals surface area contributed by atoms with E-state index >= 15 is 0 Å². The molecule has 2 N–H and O–H groups in total. The Hall–Kier alpha value is -3.69. The Labute approximate surface area is 172 Å². The Morgan fingerprint density at radius 2 is 1.35 bits per heavy atom. The van der Waals surface area contributed by atoms with Crippen molar-refractivity contribution in [3.63, 3.8) is 0 Å². The second kappa shape index (κ2) is 8.58. The van der Waals surface area contributed by atoms with Crippen LogP contribution in [-0.2, 0) is 6.18 Å². The zero-order valence-corrected chi connectivity index (χ0v) is 15.5. The zero-order chi connectivity index (χ0) is 22.6. The van der Waals surface area contributed by atoms with Gasteiger partial charge in [-0.2, -0.15) is 13.2 Å². The minimum Gasteiger partial charge on any atom is -0.406 e. The summed E-state index contributed by atoms with van der Waals surface area (Å²) >= 11 is 0. The number of alkyl halides is 6. The van der Waals surface area contributed by atoms with Crippen molar-refractivity contribution in [2.45, 2.75) is 12.5 Å². The lowest BCUT2D eigenvalue weighted by Crippen LogP contribution is -2.20. The molecule has 0 saturated carbocycles. The monoisotopic (exact) mass is 440 g/mol. The third-order valence-electron chi connectivity index (χ3n) is 4.04. The molecule has 31 heavy (non-hydrogen) atoms. The summed E-state index contributed by atoms with van der Waals surface area (Å²) < 4.78 is 78.6. The summed E-state index contributed by atoms with van der Waals surface area (Å²) in [6, 6.07) is 14.8. The second-order valence-corrected chi connectivity index (χ2v) is 6.27. The van der Waals surface area contributed by atoms with E-state index in [2.05, 4.69) is 15.4 Å². The first-order valence-electron chi connectivity index (χ1n) is 8.72. The van der Waals surface area contributed by atoms with Gasteiger partial charge >= 0.3 is 18.6 Å². The van der Waals surface area contributed by atoms with E-state index in [1.807, 2.05) is 0 Å². The van der Waals surface area contributed by atoms with Gasteiger partial charge in [0.25, 0.3) is 0 Å². The van der Waals surface area contributed by atoms with Gasteiger partial charge in [-0.05, 0) is 48.0 Å². The first-order chi connectivity index (χ1) is 14.5. The fraction of sp³-hybridized carbons (Fsp3) is 0.0952. The average molecular weight is 440 g/mol. The lowest BCUT2D eigenvalue weighted by atomic mass is 10.0. The van der Waals surface area contributed by atoms with Crippen LogP contribution in [-0.4, -0.2) is 12.4 Å². The summed E-state index contributed by atoms with van der Waals surface area (Å²) in [7, 11) is 0. The van der Waals surface area contributed by atoms with Crippen LogP contribution in [0.15, 0.2) is 72.8 Å². The lowest BCUT2D eigenvalue weighted by Gasteiger charge is -2.14. The highest BCUT2D eigenvalue weighted by molar-refractivity contribution is 6.02. The molecule has 3 rings (SSSR count). The summed E-state index contributed by atoms with van der Waals surface area (Å²) in [4.78, 5) is 12.3. The van der Waals surface area contributed by atoms with E-state index in [9.17, 15) is 31.1 Å². The maximum absolute atomic E-state index is 12.8. The number of benzene rings is 3. The van der Waals surface area contributed by atoms with Gasteiger partial charge < -0.3 is 15.4 Å². The topological polar surface area (TPSA) is 50.4 Å². The van der Waals surface area contributed by atoms with E-state index in [0.29, 0.717) is 16.8 Å². The largest absolute Gasteiger partial charge is 0.573 e. The molecular weight excluding hydrogens is 426 g/mol. The Balaban J connectivity index is 1.71. The maximum Gasteiger partial charge on any atom is 0.573 e. The summed E-state index contributed by atoms with van der Waals surface area (Å²) in [6.07, 6.45) is -9.29. The van der Waals surface area contributed by atoms with E-state index in [1.165, 1.54) is 24.3 Å². The van der Waals surface area contributed by atoms with Gasteiger partial charge in [0.1, 0.15) is 5.75 Å². The van der Waals surface area contributed by atoms with Crippen molar-refractivity contribution < 1.29 is 35.9 Å². The molecule has 0 atom stereocenters. The third-order valence-corrected chi connectivity index (χ3v) is 4.04. The molecule has 3 aromatic rings. The molecule has 10 heteroatoms. The molecular formula is C21H14F6N2O2. The smallest absolute Gasteiger partial charge is 0.406 e. The molecule has 2 amide bonds. The van der Waals surface area contributed by atoms with Crippen molar-refractivity contribution in [2.24, 2.45) is 0 Å². The van der Waals surface area contributed by atoms with Gasteiger partial charge in [0.05, 0.1) is 11.3 Å². The highest BCUT2D eigenvalue weighted by Crippen LogP contribution is 2.33. The molecule has 0 saturated heterocycles. The van der Waals surface area contributed by atoms with Crippen LogP contribution in [0.2, 0.25) is 0 Å². The first kappa shape index (κ1) is 22.0. The van der Waals surface area contributed by atoms with Crippen LogP contribution in [0, 0.1) is 0 Å². The molecule has 0 spiro atoms. The number of anilines is 2. The molecule has 0 aromatic heterocycles. The van der Waals surface area contributed by atoms with Crippen LogP contribution in [0.5, 0.6) is 5.75 Å². The molecule has 0 fully saturated rings. The van der Waals surface area contributed by atoms with Crippen molar-refractivity contribution in [1.82, 2.24) is 0 Å².